The van der Waals surface area contributed by atoms with Gasteiger partial charge >= 0.3 is 17.9 Å². The maximum atomic E-state index is 12.9. The standard InChI is InChI=1S/C61H112O6/c1-4-7-10-13-16-19-22-25-28-30-31-32-34-36-39-42-45-48-51-54-60(63)66-57-58(56-65-59(62)53-50-47-44-41-38-35-27-24-21-18-15-12-9-6-3)67-61(64)55-52-49-46-43-40-37-33-29-26-23-20-17-14-11-8-5-2/h24,27,29-31,33,58H,4-23,25-26,28,32,34-57H2,1-3H3/b27-24-,31-30-,33-29-/t58-/m1/s1. The van der Waals surface area contributed by atoms with Crippen LogP contribution in [0, 0.1) is 0 Å². The third kappa shape index (κ3) is 54.4. The summed E-state index contributed by atoms with van der Waals surface area (Å²) in [4.78, 5) is 38.2. The molecule has 6 nitrogen and oxygen atoms in total. The molecular formula is C61H112O6. The van der Waals surface area contributed by atoms with E-state index in [0.717, 1.165) is 70.6 Å². The van der Waals surface area contributed by atoms with E-state index in [2.05, 4.69) is 57.2 Å². The van der Waals surface area contributed by atoms with Gasteiger partial charge in [0.1, 0.15) is 13.2 Å². The van der Waals surface area contributed by atoms with Gasteiger partial charge in [-0.25, -0.2) is 0 Å². The van der Waals surface area contributed by atoms with E-state index >= 15 is 0 Å². The Balaban J connectivity index is 4.36. The first kappa shape index (κ1) is 64.6. The van der Waals surface area contributed by atoms with E-state index in [4.69, 9.17) is 14.2 Å². The summed E-state index contributed by atoms with van der Waals surface area (Å²) in [5.41, 5.74) is 0. The van der Waals surface area contributed by atoms with E-state index in [1.165, 1.54) is 205 Å². The second kappa shape index (κ2) is 56.2. The van der Waals surface area contributed by atoms with E-state index in [9.17, 15) is 14.4 Å². The van der Waals surface area contributed by atoms with Crippen LogP contribution in [0.3, 0.4) is 0 Å². The van der Waals surface area contributed by atoms with Crippen LogP contribution in [-0.2, 0) is 28.6 Å². The van der Waals surface area contributed by atoms with Crippen molar-refractivity contribution in [1.82, 2.24) is 0 Å². The molecule has 0 aromatic rings. The molecule has 0 unspecified atom stereocenters. The summed E-state index contributed by atoms with van der Waals surface area (Å²) in [5.74, 6) is -0.883. The molecule has 0 N–H and O–H groups in total. The molecule has 0 aliphatic carbocycles. The SMILES string of the molecule is CCCCCCC/C=C\CCCCCCCC(=O)OC[C@H](COC(=O)CCCCCCCCC/C=C\CCCCCCCCCC)OC(=O)CCCCCCC/C=C\CCCCCCCCC. The summed E-state index contributed by atoms with van der Waals surface area (Å²) in [6, 6.07) is 0. The lowest BCUT2D eigenvalue weighted by Gasteiger charge is -2.18. The van der Waals surface area contributed by atoms with Gasteiger partial charge in [0, 0.05) is 19.3 Å². The number of allylic oxidation sites excluding steroid dienone is 6. The second-order valence-corrected chi connectivity index (χ2v) is 19.9. The van der Waals surface area contributed by atoms with Crippen LogP contribution >= 0.6 is 0 Å². The van der Waals surface area contributed by atoms with Crippen molar-refractivity contribution in [2.24, 2.45) is 0 Å². The molecule has 1 atom stereocenters. The summed E-state index contributed by atoms with van der Waals surface area (Å²) in [7, 11) is 0. The highest BCUT2D eigenvalue weighted by atomic mass is 16.6. The normalized spacial score (nSPS) is 12.2. The highest BCUT2D eigenvalue weighted by Gasteiger charge is 2.19. The minimum Gasteiger partial charge on any atom is -0.462 e. The minimum atomic E-state index is -0.780. The Kier molecular flexibility index (Phi) is 54.2. The van der Waals surface area contributed by atoms with Gasteiger partial charge in [-0.3, -0.25) is 14.4 Å². The smallest absolute Gasteiger partial charge is 0.306 e. The summed E-state index contributed by atoms with van der Waals surface area (Å²) in [6.45, 7) is 6.65. The van der Waals surface area contributed by atoms with Crippen molar-refractivity contribution < 1.29 is 28.6 Å². The van der Waals surface area contributed by atoms with E-state index in [-0.39, 0.29) is 31.1 Å². The number of rotatable bonds is 54. The third-order valence-corrected chi connectivity index (χ3v) is 13.1. The van der Waals surface area contributed by atoms with Gasteiger partial charge in [0.2, 0.25) is 0 Å². The van der Waals surface area contributed by atoms with Gasteiger partial charge in [-0.2, -0.15) is 0 Å². The van der Waals surface area contributed by atoms with Crippen LogP contribution in [0.2, 0.25) is 0 Å². The molecule has 0 spiro atoms. The highest BCUT2D eigenvalue weighted by Crippen LogP contribution is 2.16. The van der Waals surface area contributed by atoms with Gasteiger partial charge in [0.05, 0.1) is 0 Å². The number of unbranched alkanes of at least 4 members (excludes halogenated alkanes) is 37. The average molecular weight is 942 g/mol. The van der Waals surface area contributed by atoms with E-state index in [0.29, 0.717) is 19.3 Å². The molecule has 0 aromatic heterocycles. The number of carbonyl (C=O) groups is 3. The summed E-state index contributed by atoms with van der Waals surface area (Å²) >= 11 is 0. The minimum absolute atomic E-state index is 0.0782. The second-order valence-electron chi connectivity index (χ2n) is 19.9. The molecule has 0 amide bonds. The van der Waals surface area contributed by atoms with Crippen LogP contribution < -0.4 is 0 Å². The van der Waals surface area contributed by atoms with E-state index in [1.807, 2.05) is 0 Å². The fourth-order valence-corrected chi connectivity index (χ4v) is 8.60. The van der Waals surface area contributed by atoms with Crippen LogP contribution in [0.5, 0.6) is 0 Å². The quantitative estimate of drug-likeness (QED) is 0.0262. The highest BCUT2D eigenvalue weighted by molar-refractivity contribution is 5.71. The monoisotopic (exact) mass is 941 g/mol. The summed E-state index contributed by atoms with van der Waals surface area (Å²) in [6.07, 6.45) is 67.0. The number of carbonyl (C=O) groups excluding carboxylic acids is 3. The molecular weight excluding hydrogens is 829 g/mol. The molecule has 0 saturated heterocycles. The average Bonchev–Trinajstić information content (AvgIpc) is 3.33. The first-order valence-electron chi connectivity index (χ1n) is 29.5. The lowest BCUT2D eigenvalue weighted by molar-refractivity contribution is -0.167. The topological polar surface area (TPSA) is 78.9 Å². The largest absolute Gasteiger partial charge is 0.462 e. The Morgan fingerprint density at radius 3 is 0.746 bits per heavy atom. The Hall–Kier alpha value is -2.37. The van der Waals surface area contributed by atoms with Crippen LogP contribution in [0.4, 0.5) is 0 Å². The van der Waals surface area contributed by atoms with Gasteiger partial charge in [-0.1, -0.05) is 237 Å². The van der Waals surface area contributed by atoms with Crippen molar-refractivity contribution in [2.75, 3.05) is 13.2 Å². The Morgan fingerprint density at radius 2 is 0.493 bits per heavy atom. The lowest BCUT2D eigenvalue weighted by atomic mass is 10.1. The van der Waals surface area contributed by atoms with Crippen LogP contribution in [-0.4, -0.2) is 37.2 Å². The van der Waals surface area contributed by atoms with Gasteiger partial charge in [0.25, 0.3) is 0 Å². The number of ether oxygens (including phenoxy) is 3. The Bertz CT molecular complexity index is 1130. The first-order valence-corrected chi connectivity index (χ1v) is 29.5. The van der Waals surface area contributed by atoms with Crippen molar-refractivity contribution >= 4 is 17.9 Å². The third-order valence-electron chi connectivity index (χ3n) is 13.1. The van der Waals surface area contributed by atoms with E-state index in [1.54, 1.807) is 0 Å². The molecule has 0 fully saturated rings. The molecule has 0 aromatic carbocycles. The summed E-state index contributed by atoms with van der Waals surface area (Å²) in [5, 5.41) is 0. The number of hydrogen-bond acceptors (Lipinski definition) is 6. The molecule has 67 heavy (non-hydrogen) atoms. The van der Waals surface area contributed by atoms with Gasteiger partial charge in [0.15, 0.2) is 6.10 Å². The molecule has 0 saturated carbocycles. The molecule has 0 rings (SSSR count). The molecule has 0 heterocycles. The van der Waals surface area contributed by atoms with Crippen molar-refractivity contribution in [3.63, 3.8) is 0 Å². The maximum Gasteiger partial charge on any atom is 0.306 e. The predicted molar refractivity (Wildman–Crippen MR) is 289 cm³/mol. The zero-order chi connectivity index (χ0) is 48.6. The zero-order valence-electron chi connectivity index (χ0n) is 44.9. The molecule has 0 radical (unpaired) electrons. The molecule has 0 aliphatic rings. The van der Waals surface area contributed by atoms with Crippen molar-refractivity contribution in [2.45, 2.75) is 322 Å². The lowest BCUT2D eigenvalue weighted by Crippen LogP contribution is -2.30. The van der Waals surface area contributed by atoms with E-state index < -0.39 is 6.10 Å². The Morgan fingerprint density at radius 1 is 0.284 bits per heavy atom. The number of esters is 3. The van der Waals surface area contributed by atoms with Crippen LogP contribution in [0.25, 0.3) is 0 Å². The van der Waals surface area contributed by atoms with Crippen LogP contribution in [0.1, 0.15) is 316 Å². The van der Waals surface area contributed by atoms with Crippen molar-refractivity contribution in [3.05, 3.63) is 36.5 Å². The molecule has 6 heteroatoms. The zero-order valence-corrected chi connectivity index (χ0v) is 44.9. The maximum absolute atomic E-state index is 12.9. The van der Waals surface area contributed by atoms with Gasteiger partial charge < -0.3 is 14.2 Å². The molecule has 0 aliphatic heterocycles. The van der Waals surface area contributed by atoms with Crippen molar-refractivity contribution in [1.29, 1.82) is 0 Å². The van der Waals surface area contributed by atoms with Gasteiger partial charge in [-0.15, -0.1) is 0 Å². The first-order chi connectivity index (χ1) is 33.0. The predicted octanol–water partition coefficient (Wildman–Crippen LogP) is 19.7. The van der Waals surface area contributed by atoms with Crippen LogP contribution in [0.15, 0.2) is 36.5 Å². The summed E-state index contributed by atoms with van der Waals surface area (Å²) < 4.78 is 16.9. The fourth-order valence-electron chi connectivity index (χ4n) is 8.60. The number of hydrogen-bond donors (Lipinski definition) is 0. The fraction of sp³-hybridized carbons (Fsp3) is 0.852. The Labute approximate surface area is 416 Å². The molecule has 0 bridgehead atoms. The van der Waals surface area contributed by atoms with Gasteiger partial charge in [-0.05, 0) is 96.3 Å². The van der Waals surface area contributed by atoms with Crippen molar-refractivity contribution in [3.8, 4) is 0 Å². The molecule has 392 valence electrons.